The zero-order valence-electron chi connectivity index (χ0n) is 10.8. The molecule has 1 aromatic carbocycles. The molecule has 0 aliphatic carbocycles. The van der Waals surface area contributed by atoms with E-state index >= 15 is 0 Å². The molecule has 0 fully saturated rings. The minimum Gasteiger partial charge on any atom is -0.396 e. The number of aliphatic hydroxyl groups is 1. The van der Waals surface area contributed by atoms with Crippen molar-refractivity contribution in [1.82, 2.24) is 4.90 Å². The number of nitrogens with one attached hydrogen (secondary N) is 1. The number of aliphatic hydroxyl groups excluding tert-OH is 1. The molecule has 1 aromatic rings. The minimum absolute atomic E-state index is 0.0228. The van der Waals surface area contributed by atoms with Gasteiger partial charge in [-0.25, -0.2) is 4.39 Å². The molecular formula is C13H18ClFN2O2. The number of carbonyl (C=O) groups excluding carboxylic acids is 1. The van der Waals surface area contributed by atoms with Crippen LogP contribution in [-0.4, -0.2) is 42.2 Å². The molecule has 6 heteroatoms. The lowest BCUT2D eigenvalue weighted by Crippen LogP contribution is -2.34. The molecule has 0 heterocycles. The molecule has 19 heavy (non-hydrogen) atoms. The summed E-state index contributed by atoms with van der Waals surface area (Å²) in [6, 6.07) is 4.04. The molecule has 0 aliphatic heterocycles. The molecule has 1 amide bonds. The van der Waals surface area contributed by atoms with Crippen molar-refractivity contribution in [2.45, 2.75) is 13.3 Å². The van der Waals surface area contributed by atoms with E-state index in [-0.39, 0.29) is 24.1 Å². The zero-order valence-corrected chi connectivity index (χ0v) is 11.6. The van der Waals surface area contributed by atoms with Crippen LogP contribution >= 0.6 is 11.6 Å². The van der Waals surface area contributed by atoms with Crippen LogP contribution in [0.1, 0.15) is 13.3 Å². The first-order chi connectivity index (χ1) is 9.06. The third-order valence-corrected chi connectivity index (χ3v) is 2.94. The van der Waals surface area contributed by atoms with Crippen molar-refractivity contribution in [3.8, 4) is 0 Å². The Labute approximate surface area is 117 Å². The second-order valence-corrected chi connectivity index (χ2v) is 4.53. The zero-order chi connectivity index (χ0) is 14.3. The number of anilines is 1. The molecule has 0 atom stereocenters. The highest BCUT2D eigenvalue weighted by atomic mass is 35.5. The van der Waals surface area contributed by atoms with Crippen LogP contribution in [0.25, 0.3) is 0 Å². The van der Waals surface area contributed by atoms with Gasteiger partial charge in [0.15, 0.2) is 0 Å². The Morgan fingerprint density at radius 3 is 2.84 bits per heavy atom. The second-order valence-electron chi connectivity index (χ2n) is 4.12. The third kappa shape index (κ3) is 5.55. The van der Waals surface area contributed by atoms with Crippen molar-refractivity contribution in [1.29, 1.82) is 0 Å². The number of carbonyl (C=O) groups is 1. The van der Waals surface area contributed by atoms with Crippen molar-refractivity contribution >= 4 is 23.2 Å². The molecule has 0 bridgehead atoms. The number of hydrogen-bond donors (Lipinski definition) is 2. The molecule has 2 N–H and O–H groups in total. The van der Waals surface area contributed by atoms with Crippen molar-refractivity contribution < 1.29 is 14.3 Å². The summed E-state index contributed by atoms with van der Waals surface area (Å²) < 4.78 is 13.0. The number of benzene rings is 1. The molecule has 0 saturated carbocycles. The minimum atomic E-state index is -0.516. The Balaban J connectivity index is 2.51. The van der Waals surface area contributed by atoms with Crippen LogP contribution in [0.15, 0.2) is 18.2 Å². The lowest BCUT2D eigenvalue weighted by molar-refractivity contribution is -0.117. The monoisotopic (exact) mass is 288 g/mol. The topological polar surface area (TPSA) is 52.6 Å². The third-order valence-electron chi connectivity index (χ3n) is 2.65. The fourth-order valence-corrected chi connectivity index (χ4v) is 1.80. The van der Waals surface area contributed by atoms with Gasteiger partial charge in [-0.2, -0.15) is 0 Å². The average Bonchev–Trinajstić information content (AvgIpc) is 2.38. The van der Waals surface area contributed by atoms with Gasteiger partial charge < -0.3 is 10.4 Å². The first-order valence-corrected chi connectivity index (χ1v) is 6.52. The number of nitrogens with zero attached hydrogens (tertiary/aromatic N) is 1. The maximum Gasteiger partial charge on any atom is 0.238 e. The maximum absolute atomic E-state index is 13.0. The van der Waals surface area contributed by atoms with Crippen LogP contribution in [0.4, 0.5) is 10.1 Å². The van der Waals surface area contributed by atoms with Gasteiger partial charge in [0.25, 0.3) is 0 Å². The van der Waals surface area contributed by atoms with Gasteiger partial charge in [-0.1, -0.05) is 18.5 Å². The maximum atomic E-state index is 13.0. The van der Waals surface area contributed by atoms with Crippen LogP contribution in [0.5, 0.6) is 0 Å². The SMILES string of the molecule is CCN(CCCO)CC(=O)Nc1ccc(F)c(Cl)c1. The highest BCUT2D eigenvalue weighted by molar-refractivity contribution is 6.31. The Kier molecular flexibility index (Phi) is 6.77. The van der Waals surface area contributed by atoms with Crippen LogP contribution in [0.2, 0.25) is 5.02 Å². The summed E-state index contributed by atoms with van der Waals surface area (Å²) in [4.78, 5) is 13.7. The van der Waals surface area contributed by atoms with Gasteiger partial charge in [0.1, 0.15) is 5.82 Å². The number of hydrogen-bond acceptors (Lipinski definition) is 3. The van der Waals surface area contributed by atoms with Gasteiger partial charge in [-0.15, -0.1) is 0 Å². The standard InChI is InChI=1S/C13H18ClFN2O2/c1-2-17(6-3-7-18)9-13(19)16-10-4-5-12(15)11(14)8-10/h4-5,8,18H,2-3,6-7,9H2,1H3,(H,16,19). The Bertz CT molecular complexity index is 429. The van der Waals surface area contributed by atoms with Crippen molar-refractivity contribution in [2.24, 2.45) is 0 Å². The van der Waals surface area contributed by atoms with E-state index in [1.54, 1.807) is 0 Å². The molecule has 0 unspecified atom stereocenters. The summed E-state index contributed by atoms with van der Waals surface area (Å²) in [6.45, 7) is 3.65. The quantitative estimate of drug-likeness (QED) is 0.808. The molecule has 0 aromatic heterocycles. The number of halogens is 2. The van der Waals surface area contributed by atoms with E-state index in [2.05, 4.69) is 5.32 Å². The highest BCUT2D eigenvalue weighted by Gasteiger charge is 2.09. The van der Waals surface area contributed by atoms with E-state index in [4.69, 9.17) is 16.7 Å². The summed E-state index contributed by atoms with van der Waals surface area (Å²) >= 11 is 5.63. The van der Waals surface area contributed by atoms with E-state index in [0.29, 0.717) is 18.7 Å². The number of likely N-dealkylation sites (N-methyl/N-ethyl adjacent to an activating group) is 1. The summed E-state index contributed by atoms with van der Waals surface area (Å²) in [7, 11) is 0. The first kappa shape index (κ1) is 15.9. The van der Waals surface area contributed by atoms with Crippen LogP contribution in [0, 0.1) is 5.82 Å². The van der Waals surface area contributed by atoms with Gasteiger partial charge in [0, 0.05) is 18.8 Å². The smallest absolute Gasteiger partial charge is 0.238 e. The Morgan fingerprint density at radius 1 is 1.53 bits per heavy atom. The Morgan fingerprint density at radius 2 is 2.26 bits per heavy atom. The van der Waals surface area contributed by atoms with Crippen LogP contribution in [0.3, 0.4) is 0 Å². The lowest BCUT2D eigenvalue weighted by atomic mass is 10.3. The average molecular weight is 289 g/mol. The van der Waals surface area contributed by atoms with E-state index in [1.165, 1.54) is 18.2 Å². The molecule has 0 saturated heterocycles. The highest BCUT2D eigenvalue weighted by Crippen LogP contribution is 2.19. The molecular weight excluding hydrogens is 271 g/mol. The van der Waals surface area contributed by atoms with Gasteiger partial charge in [0.2, 0.25) is 5.91 Å². The fourth-order valence-electron chi connectivity index (χ4n) is 1.62. The van der Waals surface area contributed by atoms with Gasteiger partial charge in [0.05, 0.1) is 11.6 Å². The predicted octanol–water partition coefficient (Wildman–Crippen LogP) is 2.12. The summed E-state index contributed by atoms with van der Waals surface area (Å²) in [5.74, 6) is -0.708. The molecule has 1 rings (SSSR count). The summed E-state index contributed by atoms with van der Waals surface area (Å²) in [5.41, 5.74) is 0.467. The van der Waals surface area contributed by atoms with Gasteiger partial charge in [-0.05, 0) is 31.2 Å². The van der Waals surface area contributed by atoms with Crippen molar-refractivity contribution in [3.05, 3.63) is 29.0 Å². The normalized spacial score (nSPS) is 10.8. The molecule has 4 nitrogen and oxygen atoms in total. The van der Waals surface area contributed by atoms with Crippen LogP contribution in [-0.2, 0) is 4.79 Å². The summed E-state index contributed by atoms with van der Waals surface area (Å²) in [6.07, 6.45) is 0.628. The molecule has 0 aliphatic rings. The predicted molar refractivity (Wildman–Crippen MR) is 73.9 cm³/mol. The second kappa shape index (κ2) is 8.09. The van der Waals surface area contributed by atoms with Gasteiger partial charge in [-0.3, -0.25) is 9.69 Å². The summed E-state index contributed by atoms with van der Waals surface area (Å²) in [5, 5.41) is 11.4. The largest absolute Gasteiger partial charge is 0.396 e. The van der Waals surface area contributed by atoms with E-state index < -0.39 is 5.82 Å². The van der Waals surface area contributed by atoms with Gasteiger partial charge >= 0.3 is 0 Å². The molecule has 0 spiro atoms. The lowest BCUT2D eigenvalue weighted by Gasteiger charge is -2.19. The molecule has 0 radical (unpaired) electrons. The Hall–Kier alpha value is -1.17. The first-order valence-electron chi connectivity index (χ1n) is 6.15. The number of amides is 1. The number of rotatable bonds is 7. The van der Waals surface area contributed by atoms with E-state index in [0.717, 1.165) is 6.54 Å². The van der Waals surface area contributed by atoms with Crippen molar-refractivity contribution in [3.63, 3.8) is 0 Å². The van der Waals surface area contributed by atoms with E-state index in [9.17, 15) is 9.18 Å². The molecule has 106 valence electrons. The van der Waals surface area contributed by atoms with Crippen molar-refractivity contribution in [2.75, 3.05) is 31.6 Å². The van der Waals surface area contributed by atoms with Crippen LogP contribution < -0.4 is 5.32 Å². The fraction of sp³-hybridized carbons (Fsp3) is 0.462. The van der Waals surface area contributed by atoms with E-state index in [1.807, 2.05) is 11.8 Å².